The van der Waals surface area contributed by atoms with Crippen molar-refractivity contribution in [2.24, 2.45) is 5.92 Å². The molecule has 2 fully saturated rings. The third-order valence-electron chi connectivity index (χ3n) is 5.57. The normalized spacial score (nSPS) is 22.5. The number of alkyl halides is 3. The maximum absolute atomic E-state index is 12.8. The quantitative estimate of drug-likeness (QED) is 0.655. The van der Waals surface area contributed by atoms with E-state index in [-0.39, 0.29) is 0 Å². The number of fused-ring (bicyclic) bond motifs is 2. The van der Waals surface area contributed by atoms with E-state index in [1.807, 2.05) is 6.07 Å². The fourth-order valence-corrected chi connectivity index (χ4v) is 5.37. The van der Waals surface area contributed by atoms with Gasteiger partial charge in [0, 0.05) is 43.0 Å². The molecule has 0 saturated carbocycles. The van der Waals surface area contributed by atoms with Gasteiger partial charge in [-0.3, -0.25) is 4.90 Å². The molecule has 1 aromatic carbocycles. The molecule has 0 radical (unpaired) electrons. The van der Waals surface area contributed by atoms with Crippen molar-refractivity contribution in [2.45, 2.75) is 25.2 Å². The highest BCUT2D eigenvalue weighted by atomic mass is 32.1. The molecule has 2 aliphatic heterocycles. The van der Waals surface area contributed by atoms with Crippen molar-refractivity contribution in [1.82, 2.24) is 14.9 Å². The van der Waals surface area contributed by atoms with Crippen LogP contribution in [-0.4, -0.2) is 46.7 Å². The van der Waals surface area contributed by atoms with Crippen LogP contribution in [0.25, 0.3) is 10.2 Å². The van der Waals surface area contributed by atoms with E-state index >= 15 is 0 Å². The number of thiophene rings is 1. The molecule has 0 unspecified atom stereocenters. The van der Waals surface area contributed by atoms with Gasteiger partial charge in [0.2, 0.25) is 0 Å². The SMILES string of the molecule is FC(F)(F)Cc1cc2c(N3C[C@@H]4CN(Cc5ccccc5)C[C@@H]43)ncnc2s1. The minimum absolute atomic E-state index is 0.290. The Kier molecular flexibility index (Phi) is 4.28. The summed E-state index contributed by atoms with van der Waals surface area (Å²) in [5.41, 5.74) is 1.30. The van der Waals surface area contributed by atoms with Crippen LogP contribution in [0, 0.1) is 5.92 Å². The van der Waals surface area contributed by atoms with Gasteiger partial charge in [0.25, 0.3) is 0 Å². The fraction of sp³-hybridized carbons (Fsp3) is 0.400. The summed E-state index contributed by atoms with van der Waals surface area (Å²) < 4.78 is 38.3. The van der Waals surface area contributed by atoms with Gasteiger partial charge in [0.15, 0.2) is 0 Å². The summed E-state index contributed by atoms with van der Waals surface area (Å²) in [7, 11) is 0. The van der Waals surface area contributed by atoms with E-state index in [2.05, 4.69) is 44.0 Å². The van der Waals surface area contributed by atoms with Crippen LogP contribution in [-0.2, 0) is 13.0 Å². The van der Waals surface area contributed by atoms with Crippen LogP contribution in [0.3, 0.4) is 0 Å². The summed E-state index contributed by atoms with van der Waals surface area (Å²) in [6, 6.07) is 12.4. The molecule has 0 spiro atoms. The second-order valence-electron chi connectivity index (χ2n) is 7.58. The number of nitrogens with zero attached hydrogens (tertiary/aromatic N) is 4. The van der Waals surface area contributed by atoms with Gasteiger partial charge in [-0.05, 0) is 11.6 Å². The average molecular weight is 404 g/mol. The maximum Gasteiger partial charge on any atom is 0.393 e. The molecule has 2 aliphatic rings. The van der Waals surface area contributed by atoms with Gasteiger partial charge in [-0.15, -0.1) is 11.3 Å². The molecule has 0 aliphatic carbocycles. The van der Waals surface area contributed by atoms with Crippen molar-refractivity contribution < 1.29 is 13.2 Å². The summed E-state index contributed by atoms with van der Waals surface area (Å²) >= 11 is 1.11. The van der Waals surface area contributed by atoms with E-state index < -0.39 is 12.6 Å². The first-order valence-electron chi connectivity index (χ1n) is 9.29. The van der Waals surface area contributed by atoms with Gasteiger partial charge in [-0.25, -0.2) is 9.97 Å². The van der Waals surface area contributed by atoms with Crippen LogP contribution in [0.2, 0.25) is 0 Å². The molecule has 0 amide bonds. The number of anilines is 1. The van der Waals surface area contributed by atoms with Crippen LogP contribution in [0.1, 0.15) is 10.4 Å². The van der Waals surface area contributed by atoms with Crippen molar-refractivity contribution in [3.63, 3.8) is 0 Å². The predicted octanol–water partition coefficient (Wildman–Crippen LogP) is 4.12. The number of rotatable bonds is 4. The molecule has 2 aromatic heterocycles. The van der Waals surface area contributed by atoms with E-state index in [0.29, 0.717) is 21.7 Å². The van der Waals surface area contributed by atoms with Crippen molar-refractivity contribution in [2.75, 3.05) is 24.5 Å². The van der Waals surface area contributed by atoms with E-state index in [4.69, 9.17) is 0 Å². The second-order valence-corrected chi connectivity index (χ2v) is 8.70. The zero-order valence-electron chi connectivity index (χ0n) is 15.1. The molecular formula is C20H19F3N4S. The Morgan fingerprint density at radius 3 is 2.68 bits per heavy atom. The van der Waals surface area contributed by atoms with Gasteiger partial charge in [0.1, 0.15) is 17.0 Å². The molecule has 8 heteroatoms. The van der Waals surface area contributed by atoms with Crippen LogP contribution in [0.4, 0.5) is 19.0 Å². The molecule has 4 heterocycles. The van der Waals surface area contributed by atoms with Gasteiger partial charge in [-0.2, -0.15) is 13.2 Å². The highest BCUT2D eigenvalue weighted by molar-refractivity contribution is 7.18. The van der Waals surface area contributed by atoms with Crippen LogP contribution in [0.5, 0.6) is 0 Å². The summed E-state index contributed by atoms with van der Waals surface area (Å²) in [5.74, 6) is 1.36. The third-order valence-corrected chi connectivity index (χ3v) is 6.61. The van der Waals surface area contributed by atoms with E-state index in [0.717, 1.165) is 48.7 Å². The van der Waals surface area contributed by atoms with E-state index in [1.54, 1.807) is 6.07 Å². The summed E-state index contributed by atoms with van der Waals surface area (Å²) in [5, 5.41) is 0.742. The van der Waals surface area contributed by atoms with Gasteiger partial charge >= 0.3 is 6.18 Å². The number of likely N-dealkylation sites (tertiary alicyclic amines) is 1. The van der Waals surface area contributed by atoms with Crippen LogP contribution in [0.15, 0.2) is 42.7 Å². The first-order chi connectivity index (χ1) is 13.5. The summed E-state index contributed by atoms with van der Waals surface area (Å²) in [6.07, 6.45) is -3.65. The molecule has 3 aromatic rings. The lowest BCUT2D eigenvalue weighted by Crippen LogP contribution is -2.56. The summed E-state index contributed by atoms with van der Waals surface area (Å²) in [6.45, 7) is 3.82. The number of hydrogen-bond acceptors (Lipinski definition) is 5. The minimum atomic E-state index is -4.21. The van der Waals surface area contributed by atoms with E-state index in [1.165, 1.54) is 11.9 Å². The largest absolute Gasteiger partial charge is 0.393 e. The zero-order valence-corrected chi connectivity index (χ0v) is 15.9. The number of halogens is 3. The molecule has 2 saturated heterocycles. The van der Waals surface area contributed by atoms with Crippen molar-refractivity contribution in [1.29, 1.82) is 0 Å². The molecule has 5 rings (SSSR count). The average Bonchev–Trinajstić information content (AvgIpc) is 3.17. The number of aromatic nitrogens is 2. The molecule has 28 heavy (non-hydrogen) atoms. The number of benzene rings is 1. The molecule has 146 valence electrons. The van der Waals surface area contributed by atoms with Gasteiger partial charge in [0.05, 0.1) is 11.8 Å². The van der Waals surface area contributed by atoms with Crippen LogP contribution < -0.4 is 4.90 Å². The van der Waals surface area contributed by atoms with Crippen LogP contribution >= 0.6 is 11.3 Å². The minimum Gasteiger partial charge on any atom is -0.351 e. The smallest absolute Gasteiger partial charge is 0.351 e. The topological polar surface area (TPSA) is 32.3 Å². The van der Waals surface area contributed by atoms with E-state index in [9.17, 15) is 13.2 Å². The first-order valence-corrected chi connectivity index (χ1v) is 10.1. The Morgan fingerprint density at radius 1 is 1.07 bits per heavy atom. The Bertz CT molecular complexity index is 988. The Hall–Kier alpha value is -2.19. The Morgan fingerprint density at radius 2 is 1.89 bits per heavy atom. The lowest BCUT2D eigenvalue weighted by molar-refractivity contribution is -0.126. The first kappa shape index (κ1) is 17.9. The van der Waals surface area contributed by atoms with Crippen molar-refractivity contribution in [3.05, 3.63) is 53.2 Å². The van der Waals surface area contributed by atoms with Crippen molar-refractivity contribution in [3.8, 4) is 0 Å². The predicted molar refractivity (Wildman–Crippen MR) is 104 cm³/mol. The highest BCUT2D eigenvalue weighted by Gasteiger charge is 2.46. The van der Waals surface area contributed by atoms with Gasteiger partial charge < -0.3 is 4.90 Å². The monoisotopic (exact) mass is 404 g/mol. The Labute approximate surface area is 164 Å². The molecular weight excluding hydrogens is 385 g/mol. The molecule has 2 atom stereocenters. The molecule has 0 bridgehead atoms. The lowest BCUT2D eigenvalue weighted by Gasteiger charge is -2.44. The fourth-order valence-electron chi connectivity index (χ4n) is 4.34. The molecule has 4 nitrogen and oxygen atoms in total. The third kappa shape index (κ3) is 3.35. The lowest BCUT2D eigenvalue weighted by atomic mass is 9.92. The zero-order chi connectivity index (χ0) is 19.3. The summed E-state index contributed by atoms with van der Waals surface area (Å²) in [4.78, 5) is 14.2. The molecule has 0 N–H and O–H groups in total. The van der Waals surface area contributed by atoms with Crippen molar-refractivity contribution >= 4 is 27.4 Å². The van der Waals surface area contributed by atoms with Gasteiger partial charge in [-0.1, -0.05) is 30.3 Å². The Balaban J connectivity index is 1.34. The number of hydrogen-bond donors (Lipinski definition) is 0. The standard InChI is InChI=1S/C20H19F3N4S/c21-20(22,23)7-15-6-16-18(24-12-25-19(16)28-15)27-10-14-9-26(11-17(14)27)8-13-4-2-1-3-5-13/h1-6,12,14,17H,7-11H2/t14-,17-/m0/s1. The maximum atomic E-state index is 12.8. The second kappa shape index (κ2) is 6.70. The highest BCUT2D eigenvalue weighted by Crippen LogP contribution is 2.40.